The summed E-state index contributed by atoms with van der Waals surface area (Å²) in [6, 6.07) is 9.05. The number of ether oxygens (including phenoxy) is 1. The van der Waals surface area contributed by atoms with Crippen LogP contribution in [0.4, 0.5) is 4.39 Å². The van der Waals surface area contributed by atoms with E-state index in [9.17, 15) is 4.39 Å². The third-order valence-electron chi connectivity index (χ3n) is 2.75. The third kappa shape index (κ3) is 4.58. The summed E-state index contributed by atoms with van der Waals surface area (Å²) in [7, 11) is 0. The molecule has 0 fully saturated rings. The number of nitrogens with one attached hydrogen (secondary N) is 1. The summed E-state index contributed by atoms with van der Waals surface area (Å²) in [5.41, 5.74) is 0.933. The van der Waals surface area contributed by atoms with Crippen molar-refractivity contribution in [3.05, 3.63) is 50.4 Å². The molecular formula is C15H17BrFNOS. The molecule has 0 spiro atoms. The molecule has 0 radical (unpaired) electrons. The van der Waals surface area contributed by atoms with Gasteiger partial charge in [-0.2, -0.15) is 0 Å². The van der Waals surface area contributed by atoms with Gasteiger partial charge in [-0.1, -0.05) is 13.0 Å². The Labute approximate surface area is 131 Å². The minimum Gasteiger partial charge on any atom is -0.485 e. The predicted molar refractivity (Wildman–Crippen MR) is 84.7 cm³/mol. The lowest BCUT2D eigenvalue weighted by molar-refractivity contribution is 0.293. The predicted octanol–water partition coefficient (Wildman–Crippen LogP) is 4.73. The summed E-state index contributed by atoms with van der Waals surface area (Å²) in [5.74, 6) is -0.00909. The van der Waals surface area contributed by atoms with Crippen LogP contribution in [-0.4, -0.2) is 6.54 Å². The number of hydrogen-bond donors (Lipinski definition) is 1. The van der Waals surface area contributed by atoms with Gasteiger partial charge in [0.1, 0.15) is 6.61 Å². The van der Waals surface area contributed by atoms with Crippen LogP contribution in [0.1, 0.15) is 23.8 Å². The maximum absolute atomic E-state index is 13.9. The van der Waals surface area contributed by atoms with Crippen LogP contribution in [0.3, 0.4) is 0 Å². The summed E-state index contributed by atoms with van der Waals surface area (Å²) < 4.78 is 20.5. The van der Waals surface area contributed by atoms with Crippen LogP contribution in [-0.2, 0) is 13.2 Å². The largest absolute Gasteiger partial charge is 0.485 e. The lowest BCUT2D eigenvalue weighted by Gasteiger charge is -2.08. The topological polar surface area (TPSA) is 21.3 Å². The summed E-state index contributed by atoms with van der Waals surface area (Å²) in [5, 5.41) is 3.25. The average Bonchev–Trinajstić information content (AvgIpc) is 2.84. The molecular weight excluding hydrogens is 341 g/mol. The number of benzene rings is 1. The number of hydrogen-bond acceptors (Lipinski definition) is 3. The molecule has 1 heterocycles. The minimum atomic E-state index is -0.309. The molecule has 0 aliphatic rings. The molecule has 1 N–H and O–H groups in total. The Bertz CT molecular complexity index is 559. The third-order valence-corrected chi connectivity index (χ3v) is 4.35. The molecule has 20 heavy (non-hydrogen) atoms. The maximum atomic E-state index is 13.9. The maximum Gasteiger partial charge on any atom is 0.165 e. The van der Waals surface area contributed by atoms with Crippen molar-refractivity contribution in [2.24, 2.45) is 0 Å². The van der Waals surface area contributed by atoms with Gasteiger partial charge in [-0.25, -0.2) is 4.39 Å². The summed E-state index contributed by atoms with van der Waals surface area (Å²) >= 11 is 4.98. The van der Waals surface area contributed by atoms with E-state index in [-0.39, 0.29) is 5.82 Å². The highest BCUT2D eigenvalue weighted by molar-refractivity contribution is 9.11. The van der Waals surface area contributed by atoms with Gasteiger partial charge < -0.3 is 10.1 Å². The van der Waals surface area contributed by atoms with Crippen molar-refractivity contribution in [3.8, 4) is 5.75 Å². The molecule has 0 atom stereocenters. The van der Waals surface area contributed by atoms with E-state index in [1.807, 2.05) is 18.2 Å². The molecule has 0 aliphatic carbocycles. The lowest BCUT2D eigenvalue weighted by Crippen LogP contribution is -2.13. The summed E-state index contributed by atoms with van der Waals surface area (Å²) in [6.07, 6.45) is 1.07. The van der Waals surface area contributed by atoms with E-state index >= 15 is 0 Å². The van der Waals surface area contributed by atoms with Crippen LogP contribution in [0.5, 0.6) is 5.75 Å². The number of rotatable bonds is 7. The Balaban J connectivity index is 1.92. The van der Waals surface area contributed by atoms with E-state index in [1.54, 1.807) is 17.4 Å². The summed E-state index contributed by atoms with van der Waals surface area (Å²) in [4.78, 5) is 1.06. The molecule has 0 bridgehead atoms. The average molecular weight is 358 g/mol. The van der Waals surface area contributed by atoms with Gasteiger partial charge in [-0.15, -0.1) is 11.3 Å². The van der Waals surface area contributed by atoms with E-state index in [4.69, 9.17) is 4.74 Å². The monoisotopic (exact) mass is 357 g/mol. The quantitative estimate of drug-likeness (QED) is 0.723. The first-order chi connectivity index (χ1) is 9.69. The molecule has 2 nitrogen and oxygen atoms in total. The molecule has 0 aliphatic heterocycles. The zero-order chi connectivity index (χ0) is 14.4. The molecule has 2 rings (SSSR count). The van der Waals surface area contributed by atoms with Gasteiger partial charge in [0.2, 0.25) is 0 Å². The Hall–Kier alpha value is -0.910. The first kappa shape index (κ1) is 15.5. The first-order valence-electron chi connectivity index (χ1n) is 6.55. The normalized spacial score (nSPS) is 10.8. The second kappa shape index (κ2) is 7.76. The minimum absolute atomic E-state index is 0.300. The van der Waals surface area contributed by atoms with Gasteiger partial charge in [0, 0.05) is 11.4 Å². The fourth-order valence-corrected chi connectivity index (χ4v) is 3.16. The number of thiophene rings is 1. The fourth-order valence-electron chi connectivity index (χ4n) is 1.76. The van der Waals surface area contributed by atoms with Gasteiger partial charge in [0.25, 0.3) is 0 Å². The second-order valence-electron chi connectivity index (χ2n) is 4.44. The van der Waals surface area contributed by atoms with Crippen LogP contribution >= 0.6 is 27.3 Å². The lowest BCUT2D eigenvalue weighted by atomic mass is 10.2. The first-order valence-corrected chi connectivity index (χ1v) is 8.16. The second-order valence-corrected chi connectivity index (χ2v) is 6.98. The van der Waals surface area contributed by atoms with Crippen molar-refractivity contribution >= 4 is 27.3 Å². The van der Waals surface area contributed by atoms with E-state index in [2.05, 4.69) is 28.2 Å². The van der Waals surface area contributed by atoms with Crippen LogP contribution in [0.2, 0.25) is 0 Å². The molecule has 0 unspecified atom stereocenters. The molecule has 1 aromatic carbocycles. The van der Waals surface area contributed by atoms with E-state index < -0.39 is 0 Å². The van der Waals surface area contributed by atoms with Crippen LogP contribution in [0.25, 0.3) is 0 Å². The summed E-state index contributed by atoms with van der Waals surface area (Å²) in [6.45, 7) is 4.12. The Morgan fingerprint density at radius 2 is 2.15 bits per heavy atom. The smallest absolute Gasteiger partial charge is 0.165 e. The van der Waals surface area contributed by atoms with Crippen LogP contribution in [0, 0.1) is 5.82 Å². The van der Waals surface area contributed by atoms with E-state index in [0.717, 1.165) is 27.2 Å². The Morgan fingerprint density at radius 3 is 2.80 bits per heavy atom. The van der Waals surface area contributed by atoms with Crippen molar-refractivity contribution in [1.82, 2.24) is 5.32 Å². The SMILES string of the molecule is CCCNCc1ccc(OCc2ccc(Br)s2)c(F)c1. The van der Waals surface area contributed by atoms with Crippen molar-refractivity contribution in [3.63, 3.8) is 0 Å². The van der Waals surface area contributed by atoms with E-state index in [0.29, 0.717) is 18.9 Å². The standard InChI is InChI=1S/C15H17BrFNOS/c1-2-7-18-9-11-3-5-14(13(17)8-11)19-10-12-4-6-15(16)20-12/h3-6,8,18H,2,7,9-10H2,1H3. The molecule has 5 heteroatoms. The Morgan fingerprint density at radius 1 is 1.30 bits per heavy atom. The van der Waals surface area contributed by atoms with Gasteiger partial charge in [-0.05, 0) is 58.7 Å². The number of halogens is 2. The van der Waals surface area contributed by atoms with Gasteiger partial charge in [-0.3, -0.25) is 0 Å². The molecule has 108 valence electrons. The zero-order valence-electron chi connectivity index (χ0n) is 11.3. The molecule has 1 aromatic heterocycles. The van der Waals surface area contributed by atoms with Gasteiger partial charge in [0.05, 0.1) is 3.79 Å². The molecule has 0 saturated heterocycles. The Kier molecular flexibility index (Phi) is 6.01. The van der Waals surface area contributed by atoms with Crippen LogP contribution in [0.15, 0.2) is 34.1 Å². The highest BCUT2D eigenvalue weighted by atomic mass is 79.9. The van der Waals surface area contributed by atoms with Crippen molar-refractivity contribution in [2.45, 2.75) is 26.5 Å². The zero-order valence-corrected chi connectivity index (χ0v) is 13.7. The van der Waals surface area contributed by atoms with Crippen LogP contribution < -0.4 is 10.1 Å². The van der Waals surface area contributed by atoms with Gasteiger partial charge in [0.15, 0.2) is 11.6 Å². The van der Waals surface area contributed by atoms with Crippen molar-refractivity contribution in [1.29, 1.82) is 0 Å². The molecule has 0 saturated carbocycles. The molecule has 2 aromatic rings. The molecule has 0 amide bonds. The van der Waals surface area contributed by atoms with Crippen molar-refractivity contribution in [2.75, 3.05) is 6.54 Å². The highest BCUT2D eigenvalue weighted by Gasteiger charge is 2.06. The van der Waals surface area contributed by atoms with E-state index in [1.165, 1.54) is 6.07 Å². The fraction of sp³-hybridized carbons (Fsp3) is 0.333. The van der Waals surface area contributed by atoms with Crippen molar-refractivity contribution < 1.29 is 9.13 Å². The highest BCUT2D eigenvalue weighted by Crippen LogP contribution is 2.25. The van der Waals surface area contributed by atoms with Gasteiger partial charge >= 0.3 is 0 Å².